The molecule has 0 aliphatic heterocycles. The summed E-state index contributed by atoms with van der Waals surface area (Å²) in [5.74, 6) is 0.658. The highest BCUT2D eigenvalue weighted by Crippen LogP contribution is 2.28. The van der Waals surface area contributed by atoms with Crippen LogP contribution in [0.5, 0.6) is 0 Å². The van der Waals surface area contributed by atoms with E-state index in [1.807, 2.05) is 24.6 Å². The monoisotopic (exact) mass is 244 g/mol. The largest absolute Gasteiger partial charge is 0.453 e. The van der Waals surface area contributed by atoms with E-state index in [4.69, 9.17) is 9.52 Å². The highest BCUT2D eigenvalue weighted by atomic mass is 16.3. The van der Waals surface area contributed by atoms with Crippen LogP contribution in [0.15, 0.2) is 22.6 Å². The molecule has 0 saturated carbocycles. The predicted octanol–water partition coefficient (Wildman–Crippen LogP) is 1.80. The maximum atomic E-state index is 11.4. The summed E-state index contributed by atoms with van der Waals surface area (Å²) in [6.45, 7) is 1.37. The Kier molecular flexibility index (Phi) is 2.24. The van der Waals surface area contributed by atoms with Crippen LogP contribution in [0.1, 0.15) is 16.4 Å². The van der Waals surface area contributed by atoms with Gasteiger partial charge in [-0.1, -0.05) is 0 Å². The van der Waals surface area contributed by atoms with Crippen molar-refractivity contribution >= 4 is 27.8 Å². The number of hydrogen-bond acceptors (Lipinski definition) is 4. The van der Waals surface area contributed by atoms with Crippen molar-refractivity contribution in [2.24, 2.45) is 7.05 Å². The van der Waals surface area contributed by atoms with Crippen LogP contribution in [0.3, 0.4) is 0 Å². The molecular formula is C13H12N2O3. The van der Waals surface area contributed by atoms with Gasteiger partial charge in [0.25, 0.3) is 0 Å². The van der Waals surface area contributed by atoms with Crippen molar-refractivity contribution in [3.63, 3.8) is 0 Å². The zero-order valence-electron chi connectivity index (χ0n) is 10.1. The molecule has 3 rings (SSSR count). The molecule has 18 heavy (non-hydrogen) atoms. The van der Waals surface area contributed by atoms with E-state index in [1.54, 1.807) is 12.1 Å². The molecule has 2 aromatic heterocycles. The van der Waals surface area contributed by atoms with E-state index in [0.29, 0.717) is 5.58 Å². The lowest BCUT2D eigenvalue weighted by molar-refractivity contribution is 0.0878. The molecule has 92 valence electrons. The van der Waals surface area contributed by atoms with Crippen LogP contribution in [0.4, 0.5) is 0 Å². The summed E-state index contributed by atoms with van der Waals surface area (Å²) in [6.07, 6.45) is 0. The van der Waals surface area contributed by atoms with Crippen LogP contribution in [-0.4, -0.2) is 27.0 Å². The van der Waals surface area contributed by atoms with Crippen LogP contribution >= 0.6 is 0 Å². The fourth-order valence-electron chi connectivity index (χ4n) is 2.15. The first-order valence-corrected chi connectivity index (χ1v) is 5.61. The van der Waals surface area contributed by atoms with Crippen LogP contribution in [-0.2, 0) is 7.05 Å². The van der Waals surface area contributed by atoms with E-state index in [1.165, 1.54) is 0 Å². The second-order valence-corrected chi connectivity index (χ2v) is 4.26. The number of furan rings is 1. The van der Waals surface area contributed by atoms with Gasteiger partial charge in [-0.15, -0.1) is 0 Å². The normalized spacial score (nSPS) is 11.5. The minimum absolute atomic E-state index is 0.179. The standard InChI is InChI=1S/C13H12N2O3/c1-7-14-9-3-4-11-8(13(9)15(7)2)5-12(18-11)10(17)6-16/h3-5,16H,6H2,1-2H3. The molecule has 1 N–H and O–H groups in total. The number of nitrogens with zero attached hydrogens (tertiary/aromatic N) is 2. The Morgan fingerprint density at radius 1 is 1.50 bits per heavy atom. The molecule has 0 unspecified atom stereocenters. The van der Waals surface area contributed by atoms with Crippen molar-refractivity contribution in [1.82, 2.24) is 9.55 Å². The number of rotatable bonds is 2. The number of imidazole rings is 1. The number of carbonyl (C=O) groups is 1. The summed E-state index contributed by atoms with van der Waals surface area (Å²) in [5, 5.41) is 9.70. The molecule has 0 bridgehead atoms. The third kappa shape index (κ3) is 1.37. The van der Waals surface area contributed by atoms with Gasteiger partial charge in [0.15, 0.2) is 5.76 Å². The summed E-state index contributed by atoms with van der Waals surface area (Å²) < 4.78 is 7.40. The molecule has 0 aliphatic carbocycles. The van der Waals surface area contributed by atoms with Gasteiger partial charge in [0.2, 0.25) is 5.78 Å². The molecule has 0 atom stereocenters. The minimum Gasteiger partial charge on any atom is -0.453 e. The number of Topliss-reactive ketones (excluding diaryl/α,β-unsaturated/α-hetero) is 1. The molecular weight excluding hydrogens is 232 g/mol. The summed E-state index contributed by atoms with van der Waals surface area (Å²) in [5.41, 5.74) is 2.43. The number of aliphatic hydroxyl groups excluding tert-OH is 1. The second-order valence-electron chi connectivity index (χ2n) is 4.26. The van der Waals surface area contributed by atoms with Crippen molar-refractivity contribution in [3.05, 3.63) is 29.8 Å². The first kappa shape index (κ1) is 11.0. The quantitative estimate of drug-likeness (QED) is 0.698. The zero-order valence-corrected chi connectivity index (χ0v) is 10.1. The van der Waals surface area contributed by atoms with Gasteiger partial charge in [-0.05, 0) is 25.1 Å². The molecule has 0 amide bonds. The van der Waals surface area contributed by atoms with Crippen LogP contribution < -0.4 is 0 Å². The lowest BCUT2D eigenvalue weighted by atomic mass is 10.2. The van der Waals surface area contributed by atoms with Gasteiger partial charge in [0.05, 0.1) is 11.0 Å². The summed E-state index contributed by atoms with van der Waals surface area (Å²) >= 11 is 0. The number of aryl methyl sites for hydroxylation is 2. The molecule has 2 heterocycles. The molecule has 0 spiro atoms. The Morgan fingerprint density at radius 3 is 3.00 bits per heavy atom. The number of carbonyl (C=O) groups excluding carboxylic acids is 1. The maximum absolute atomic E-state index is 11.4. The van der Waals surface area contributed by atoms with Crippen LogP contribution in [0.25, 0.3) is 22.0 Å². The Balaban J connectivity index is 2.39. The molecule has 5 heteroatoms. The Morgan fingerprint density at radius 2 is 2.28 bits per heavy atom. The smallest absolute Gasteiger partial charge is 0.223 e. The molecule has 5 nitrogen and oxygen atoms in total. The van der Waals surface area contributed by atoms with Crippen LogP contribution in [0, 0.1) is 6.92 Å². The fourth-order valence-corrected chi connectivity index (χ4v) is 2.15. The first-order valence-electron chi connectivity index (χ1n) is 5.61. The van der Waals surface area contributed by atoms with E-state index >= 15 is 0 Å². The Labute approximate surface area is 103 Å². The molecule has 0 saturated heterocycles. The van der Waals surface area contributed by atoms with Gasteiger partial charge in [-0.25, -0.2) is 4.98 Å². The van der Waals surface area contributed by atoms with Gasteiger partial charge in [0, 0.05) is 12.4 Å². The summed E-state index contributed by atoms with van der Waals surface area (Å²) in [6, 6.07) is 5.32. The van der Waals surface area contributed by atoms with E-state index in [2.05, 4.69) is 4.98 Å². The van der Waals surface area contributed by atoms with E-state index < -0.39 is 12.4 Å². The van der Waals surface area contributed by atoms with Crippen molar-refractivity contribution in [1.29, 1.82) is 0 Å². The Bertz CT molecular complexity index is 767. The van der Waals surface area contributed by atoms with E-state index in [-0.39, 0.29) is 5.76 Å². The molecule has 0 radical (unpaired) electrons. The van der Waals surface area contributed by atoms with Crippen molar-refractivity contribution in [3.8, 4) is 0 Å². The van der Waals surface area contributed by atoms with E-state index in [0.717, 1.165) is 22.2 Å². The van der Waals surface area contributed by atoms with Gasteiger partial charge < -0.3 is 14.1 Å². The summed E-state index contributed by atoms with van der Waals surface area (Å²) in [4.78, 5) is 15.9. The highest BCUT2D eigenvalue weighted by molar-refractivity contribution is 6.06. The lowest BCUT2D eigenvalue weighted by Gasteiger charge is -1.96. The highest BCUT2D eigenvalue weighted by Gasteiger charge is 2.15. The average molecular weight is 244 g/mol. The SMILES string of the molecule is Cc1nc2ccc3oc(C(=O)CO)cc3c2n1C. The van der Waals surface area contributed by atoms with Gasteiger partial charge >= 0.3 is 0 Å². The predicted molar refractivity (Wildman–Crippen MR) is 66.6 cm³/mol. The minimum atomic E-state index is -0.548. The first-order chi connectivity index (χ1) is 8.61. The average Bonchev–Trinajstić information content (AvgIpc) is 2.90. The van der Waals surface area contributed by atoms with Crippen molar-refractivity contribution in [2.75, 3.05) is 6.61 Å². The summed E-state index contributed by atoms with van der Waals surface area (Å²) in [7, 11) is 1.92. The van der Waals surface area contributed by atoms with Gasteiger partial charge in [0.1, 0.15) is 18.0 Å². The zero-order chi connectivity index (χ0) is 12.9. The number of benzene rings is 1. The third-order valence-electron chi connectivity index (χ3n) is 3.17. The Hall–Kier alpha value is -2.14. The lowest BCUT2D eigenvalue weighted by Crippen LogP contribution is -2.01. The van der Waals surface area contributed by atoms with E-state index in [9.17, 15) is 4.79 Å². The van der Waals surface area contributed by atoms with Gasteiger partial charge in [-0.3, -0.25) is 4.79 Å². The third-order valence-corrected chi connectivity index (χ3v) is 3.17. The second kappa shape index (κ2) is 3.68. The molecule has 1 aromatic carbocycles. The topological polar surface area (TPSA) is 68.3 Å². The van der Waals surface area contributed by atoms with Crippen molar-refractivity contribution < 1.29 is 14.3 Å². The number of ketones is 1. The number of fused-ring (bicyclic) bond motifs is 3. The number of hydrogen-bond donors (Lipinski definition) is 1. The van der Waals surface area contributed by atoms with Gasteiger partial charge in [-0.2, -0.15) is 0 Å². The number of aromatic nitrogens is 2. The number of aliphatic hydroxyl groups is 1. The molecule has 0 aliphatic rings. The molecule has 3 aromatic rings. The maximum Gasteiger partial charge on any atom is 0.223 e. The van der Waals surface area contributed by atoms with Crippen molar-refractivity contribution in [2.45, 2.75) is 6.92 Å². The molecule has 0 fully saturated rings. The fraction of sp³-hybridized carbons (Fsp3) is 0.231. The van der Waals surface area contributed by atoms with Crippen LogP contribution in [0.2, 0.25) is 0 Å².